The van der Waals surface area contributed by atoms with Crippen LogP contribution in [-0.2, 0) is 15.4 Å². The lowest BCUT2D eigenvalue weighted by atomic mass is 9.35. The molecule has 2 amide bonds. The number of rotatable bonds is 8. The molecule has 0 bridgehead atoms. The van der Waals surface area contributed by atoms with Gasteiger partial charge < -0.3 is 15.5 Å². The SMILES string of the molecule is CC[C@H]1[C@@H](O)[C@H]2[C@@H]3CC[C@](C)([C@H](C)CCCNC(=O)NS(=O)(=O)c4ccc(C(C)(C)C)cc4)C3(C)CC[C@]2(C)[C@@]2(C)CC[C@@H](O)C[C@@H]12. The van der Waals surface area contributed by atoms with E-state index in [0.717, 1.165) is 69.8 Å². The van der Waals surface area contributed by atoms with Crippen molar-refractivity contribution in [2.75, 3.05) is 6.54 Å². The molecule has 0 radical (unpaired) electrons. The molecular weight excluding hydrogens is 609 g/mol. The van der Waals surface area contributed by atoms with E-state index in [9.17, 15) is 23.4 Å². The van der Waals surface area contributed by atoms with Gasteiger partial charge in [0.25, 0.3) is 10.0 Å². The van der Waals surface area contributed by atoms with Crippen LogP contribution in [0.15, 0.2) is 29.2 Å². The van der Waals surface area contributed by atoms with Gasteiger partial charge in [-0.2, -0.15) is 0 Å². The van der Waals surface area contributed by atoms with Crippen LogP contribution in [0, 0.1) is 51.2 Å². The lowest BCUT2D eigenvalue weighted by Gasteiger charge is -2.70. The Bertz CT molecular complexity index is 1410. The Morgan fingerprint density at radius 1 is 0.936 bits per heavy atom. The number of nitrogens with one attached hydrogen (secondary N) is 2. The minimum absolute atomic E-state index is 0.0633. The van der Waals surface area contributed by atoms with Crippen LogP contribution in [0.4, 0.5) is 4.79 Å². The summed E-state index contributed by atoms with van der Waals surface area (Å²) in [5.74, 6) is 1.77. The molecule has 1 aromatic rings. The Morgan fingerprint density at radius 3 is 2.19 bits per heavy atom. The van der Waals surface area contributed by atoms with Crippen LogP contribution in [0.2, 0.25) is 0 Å². The van der Waals surface area contributed by atoms with E-state index in [1.165, 1.54) is 0 Å². The van der Waals surface area contributed by atoms with E-state index in [4.69, 9.17) is 0 Å². The lowest BCUT2D eigenvalue weighted by molar-refractivity contribution is -0.253. The zero-order chi connectivity index (χ0) is 34.8. The Labute approximate surface area is 285 Å². The van der Waals surface area contributed by atoms with E-state index in [1.807, 2.05) is 0 Å². The minimum Gasteiger partial charge on any atom is -0.393 e. The van der Waals surface area contributed by atoms with E-state index in [-0.39, 0.29) is 56.0 Å². The van der Waals surface area contributed by atoms with Crippen LogP contribution in [0.5, 0.6) is 0 Å². The van der Waals surface area contributed by atoms with E-state index in [2.05, 4.69) is 72.4 Å². The normalized spacial score (nSPS) is 40.9. The molecule has 5 rings (SSSR count). The Morgan fingerprint density at radius 2 is 1.57 bits per heavy atom. The largest absolute Gasteiger partial charge is 0.393 e. The van der Waals surface area contributed by atoms with Gasteiger partial charge >= 0.3 is 6.03 Å². The quantitative estimate of drug-likeness (QED) is 0.211. The van der Waals surface area contributed by atoms with Crippen molar-refractivity contribution in [2.24, 2.45) is 51.2 Å². The summed E-state index contributed by atoms with van der Waals surface area (Å²) in [5.41, 5.74) is 1.38. The molecule has 4 aliphatic rings. The number of carbonyl (C=O) groups is 1. The standard InChI is InChI=1S/C39H64N2O5S/c1-10-29-31-24-27(42)17-19-37(31,7)39(9)22-21-38(8)30(32(39)33(29)43)18-20-36(38,6)25(2)12-11-23-40-34(44)41-47(45,46)28-15-13-26(14-16-28)35(3,4)5/h13-16,25,27,29-33,42-43H,10-12,17-24H2,1-9H3,(H2,40,41,44)/t25-,27-,29-,30+,31+,32-,33-,36-,37+,38?,39+/m1/s1. The average Bonchev–Trinajstić information content (AvgIpc) is 3.27. The molecule has 4 N–H and O–H groups in total. The van der Waals surface area contributed by atoms with Crippen LogP contribution < -0.4 is 10.0 Å². The van der Waals surface area contributed by atoms with E-state index >= 15 is 0 Å². The van der Waals surface area contributed by atoms with E-state index in [0.29, 0.717) is 24.3 Å². The molecule has 1 aromatic carbocycles. The molecule has 4 saturated carbocycles. The smallest absolute Gasteiger partial charge is 0.328 e. The first kappa shape index (κ1) is 36.6. The first-order chi connectivity index (χ1) is 21.7. The number of hydrogen-bond donors (Lipinski definition) is 4. The summed E-state index contributed by atoms with van der Waals surface area (Å²) in [4.78, 5) is 12.7. The number of fused-ring (bicyclic) bond motifs is 5. The molecule has 47 heavy (non-hydrogen) atoms. The molecule has 0 spiro atoms. The number of amides is 2. The summed E-state index contributed by atoms with van der Waals surface area (Å²) in [5, 5.41) is 25.6. The van der Waals surface area contributed by atoms with Crippen LogP contribution in [0.3, 0.4) is 0 Å². The van der Waals surface area contributed by atoms with Gasteiger partial charge in [-0.25, -0.2) is 17.9 Å². The average molecular weight is 673 g/mol. The Balaban J connectivity index is 1.21. The number of sulfonamides is 1. The monoisotopic (exact) mass is 672 g/mol. The fourth-order valence-corrected chi connectivity index (χ4v) is 12.7. The van der Waals surface area contributed by atoms with Gasteiger partial charge in [0, 0.05) is 6.54 Å². The summed E-state index contributed by atoms with van der Waals surface area (Å²) >= 11 is 0. The number of hydrogen-bond acceptors (Lipinski definition) is 5. The predicted molar refractivity (Wildman–Crippen MR) is 188 cm³/mol. The highest BCUT2D eigenvalue weighted by Gasteiger charge is 2.71. The maximum Gasteiger partial charge on any atom is 0.328 e. The minimum atomic E-state index is -3.95. The highest BCUT2D eigenvalue weighted by molar-refractivity contribution is 7.90. The van der Waals surface area contributed by atoms with E-state index < -0.39 is 16.1 Å². The zero-order valence-corrected chi connectivity index (χ0v) is 31.5. The van der Waals surface area contributed by atoms with Gasteiger partial charge in [0.15, 0.2) is 0 Å². The fourth-order valence-electron chi connectivity index (χ4n) is 11.7. The molecule has 1 unspecified atom stereocenters. The van der Waals surface area contributed by atoms with Gasteiger partial charge in [0.1, 0.15) is 0 Å². The maximum absolute atomic E-state index is 12.8. The molecule has 4 aliphatic carbocycles. The summed E-state index contributed by atoms with van der Waals surface area (Å²) in [6.07, 6.45) is 9.44. The van der Waals surface area contributed by atoms with Crippen molar-refractivity contribution in [1.29, 1.82) is 0 Å². The number of benzene rings is 1. The van der Waals surface area contributed by atoms with Crippen LogP contribution >= 0.6 is 0 Å². The van der Waals surface area contributed by atoms with Gasteiger partial charge in [-0.15, -0.1) is 0 Å². The molecule has 266 valence electrons. The molecule has 8 heteroatoms. The molecule has 11 atom stereocenters. The number of aliphatic hydroxyl groups is 2. The predicted octanol–water partition coefficient (Wildman–Crippen LogP) is 7.80. The molecule has 0 heterocycles. The zero-order valence-electron chi connectivity index (χ0n) is 30.7. The van der Waals surface area contributed by atoms with Gasteiger partial charge in [0.05, 0.1) is 17.1 Å². The van der Waals surface area contributed by atoms with Gasteiger partial charge in [-0.05, 0) is 132 Å². The third-order valence-electron chi connectivity index (χ3n) is 15.3. The second kappa shape index (κ2) is 12.6. The first-order valence-electron chi connectivity index (χ1n) is 18.5. The fraction of sp³-hybridized carbons (Fsp3) is 0.821. The molecule has 0 aliphatic heterocycles. The molecule has 0 saturated heterocycles. The second-order valence-corrected chi connectivity index (χ2v) is 19.8. The van der Waals surface area contributed by atoms with Crippen LogP contribution in [-0.4, -0.2) is 43.4 Å². The van der Waals surface area contributed by atoms with Crippen molar-refractivity contribution in [3.63, 3.8) is 0 Å². The van der Waals surface area contributed by atoms with Crippen LogP contribution in [0.1, 0.15) is 132 Å². The number of carbonyl (C=O) groups excluding carboxylic acids is 1. The first-order valence-corrected chi connectivity index (χ1v) is 20.0. The van der Waals surface area contributed by atoms with Crippen molar-refractivity contribution in [3.05, 3.63) is 29.8 Å². The number of aliphatic hydroxyl groups excluding tert-OH is 2. The third-order valence-corrected chi connectivity index (χ3v) is 16.7. The summed E-state index contributed by atoms with van der Waals surface area (Å²) in [7, 11) is -3.95. The van der Waals surface area contributed by atoms with Crippen molar-refractivity contribution >= 4 is 16.1 Å². The van der Waals surface area contributed by atoms with Gasteiger partial charge in [-0.3, -0.25) is 0 Å². The van der Waals surface area contributed by atoms with Crippen molar-refractivity contribution < 1.29 is 23.4 Å². The molecule has 4 fully saturated rings. The van der Waals surface area contributed by atoms with Crippen molar-refractivity contribution in [1.82, 2.24) is 10.0 Å². The molecule has 7 nitrogen and oxygen atoms in total. The Hall–Kier alpha value is -1.64. The summed E-state index contributed by atoms with van der Waals surface area (Å²) in [6.45, 7) is 21.2. The third kappa shape index (κ3) is 5.98. The molecule has 0 aromatic heterocycles. The highest BCUT2D eigenvalue weighted by atomic mass is 32.2. The molecular formula is C39H64N2O5S. The topological polar surface area (TPSA) is 116 Å². The van der Waals surface area contributed by atoms with Gasteiger partial charge in [-0.1, -0.05) is 80.9 Å². The second-order valence-electron chi connectivity index (χ2n) is 18.1. The summed E-state index contributed by atoms with van der Waals surface area (Å²) in [6, 6.07) is 6.00. The number of urea groups is 1. The maximum atomic E-state index is 12.8. The van der Waals surface area contributed by atoms with Crippen LogP contribution in [0.25, 0.3) is 0 Å². The highest BCUT2D eigenvalue weighted by Crippen LogP contribution is 2.76. The summed E-state index contributed by atoms with van der Waals surface area (Å²) < 4.78 is 27.8. The van der Waals surface area contributed by atoms with E-state index in [1.54, 1.807) is 24.3 Å². The van der Waals surface area contributed by atoms with Gasteiger partial charge in [0.2, 0.25) is 0 Å². The Kier molecular flexibility index (Phi) is 9.82. The lowest BCUT2D eigenvalue weighted by Crippen LogP contribution is -2.67. The van der Waals surface area contributed by atoms with Crippen molar-refractivity contribution in [2.45, 2.75) is 149 Å². The van der Waals surface area contributed by atoms with Crippen molar-refractivity contribution in [3.8, 4) is 0 Å².